The Morgan fingerprint density at radius 1 is 1.12 bits per heavy atom. The number of carbonyl (C=O) groups is 1. The third-order valence-electron chi connectivity index (χ3n) is 7.97. The third-order valence-corrected chi connectivity index (χ3v) is 9.84. The van der Waals surface area contributed by atoms with Crippen LogP contribution in [-0.2, 0) is 14.8 Å². The quantitative estimate of drug-likeness (QED) is 0.295. The Bertz CT molecular complexity index is 1750. The van der Waals surface area contributed by atoms with Gasteiger partial charge in [0.15, 0.2) is 11.5 Å². The number of halogens is 1. The Labute approximate surface area is 244 Å². The smallest absolute Gasteiger partial charge is 0.269 e. The molecule has 0 bridgehead atoms. The van der Waals surface area contributed by atoms with E-state index in [1.807, 2.05) is 11.8 Å². The van der Waals surface area contributed by atoms with Crippen molar-refractivity contribution in [2.24, 2.45) is 0 Å². The van der Waals surface area contributed by atoms with Crippen molar-refractivity contribution < 1.29 is 13.2 Å². The maximum atomic E-state index is 13.7. The van der Waals surface area contributed by atoms with Crippen LogP contribution in [0.1, 0.15) is 49.7 Å². The fraction of sp³-hybridized carbons (Fsp3) is 0.333. The van der Waals surface area contributed by atoms with E-state index in [1.165, 1.54) is 12.4 Å². The number of nitrogens with one attached hydrogen (secondary N) is 1. The lowest BCUT2D eigenvalue weighted by Gasteiger charge is -2.36. The summed E-state index contributed by atoms with van der Waals surface area (Å²) in [5.74, 6) is 1.20. The number of hydrogen-bond donors (Lipinski definition) is 1. The van der Waals surface area contributed by atoms with Crippen LogP contribution in [0.5, 0.6) is 0 Å². The normalized spacial score (nSPS) is 19.6. The monoisotopic (exact) mass is 590 g/mol. The van der Waals surface area contributed by atoms with Crippen LogP contribution in [0.4, 0.5) is 5.82 Å². The summed E-state index contributed by atoms with van der Waals surface area (Å²) in [4.78, 5) is 28.3. The van der Waals surface area contributed by atoms with Crippen LogP contribution < -0.4 is 5.32 Å². The Hall–Kier alpha value is -3.76. The largest absolute Gasteiger partial charge is 0.367 e. The van der Waals surface area contributed by atoms with Gasteiger partial charge in [-0.25, -0.2) is 27.3 Å². The van der Waals surface area contributed by atoms with Crippen LogP contribution in [-0.4, -0.2) is 56.8 Å². The maximum Gasteiger partial charge on any atom is 0.269 e. The van der Waals surface area contributed by atoms with Gasteiger partial charge in [-0.2, -0.15) is 0 Å². The zero-order valence-electron chi connectivity index (χ0n) is 22.8. The summed E-state index contributed by atoms with van der Waals surface area (Å²) >= 11 is 6.31. The summed E-state index contributed by atoms with van der Waals surface area (Å²) in [6, 6.07) is 8.71. The Morgan fingerprint density at radius 2 is 1.93 bits per heavy atom. The second-order valence-corrected chi connectivity index (χ2v) is 13.0. The van der Waals surface area contributed by atoms with Crippen LogP contribution >= 0.6 is 11.6 Å². The molecule has 1 N–H and O–H groups in total. The average molecular weight is 591 g/mol. The molecule has 2 atom stereocenters. The Balaban J connectivity index is 1.38. The van der Waals surface area contributed by atoms with Gasteiger partial charge >= 0.3 is 0 Å². The summed E-state index contributed by atoms with van der Waals surface area (Å²) in [6.45, 7) is 6.66. The highest BCUT2D eigenvalue weighted by Crippen LogP contribution is 2.34. The molecule has 2 unspecified atom stereocenters. The second kappa shape index (κ2) is 10.9. The number of nitrogens with zero attached hydrogens (tertiary/aromatic N) is 5. The first-order valence-corrected chi connectivity index (χ1v) is 15.6. The number of benzene rings is 1. The lowest BCUT2D eigenvalue weighted by Crippen LogP contribution is -2.42. The number of pyridine rings is 1. The minimum atomic E-state index is -3.96. The van der Waals surface area contributed by atoms with E-state index in [2.05, 4.69) is 21.9 Å². The van der Waals surface area contributed by atoms with E-state index >= 15 is 0 Å². The molecular formula is C30H31ClN6O3S. The fourth-order valence-corrected chi connectivity index (χ4v) is 7.33. The second-order valence-electron chi connectivity index (χ2n) is 10.7. The Kier molecular flexibility index (Phi) is 7.29. The van der Waals surface area contributed by atoms with E-state index in [4.69, 9.17) is 16.6 Å². The van der Waals surface area contributed by atoms with E-state index < -0.39 is 10.0 Å². The van der Waals surface area contributed by atoms with Crippen molar-refractivity contribution >= 4 is 50.5 Å². The molecule has 1 aliphatic heterocycles. The number of aromatic nitrogens is 4. The van der Waals surface area contributed by atoms with Crippen molar-refractivity contribution in [1.82, 2.24) is 23.8 Å². The zero-order valence-corrected chi connectivity index (χ0v) is 24.3. The molecule has 9 nitrogen and oxygen atoms in total. The zero-order chi connectivity index (χ0) is 28.7. The van der Waals surface area contributed by atoms with Crippen molar-refractivity contribution in [2.75, 3.05) is 11.9 Å². The van der Waals surface area contributed by atoms with Gasteiger partial charge in [-0.05, 0) is 57.2 Å². The molecule has 4 heterocycles. The van der Waals surface area contributed by atoms with Crippen LogP contribution in [0.3, 0.4) is 0 Å². The van der Waals surface area contributed by atoms with Crippen LogP contribution in [0.15, 0.2) is 60.4 Å². The van der Waals surface area contributed by atoms with E-state index in [0.717, 1.165) is 53.7 Å². The van der Waals surface area contributed by atoms with Crippen molar-refractivity contribution in [2.45, 2.75) is 62.4 Å². The Morgan fingerprint density at radius 3 is 2.66 bits per heavy atom. The lowest BCUT2D eigenvalue weighted by atomic mass is 9.90. The van der Waals surface area contributed by atoms with Crippen molar-refractivity contribution in [1.29, 1.82) is 0 Å². The number of aryl methyl sites for hydroxylation is 1. The van der Waals surface area contributed by atoms with Crippen LogP contribution in [0.25, 0.3) is 28.5 Å². The van der Waals surface area contributed by atoms with Crippen LogP contribution in [0, 0.1) is 6.92 Å². The van der Waals surface area contributed by atoms with Gasteiger partial charge in [-0.3, -0.25) is 4.79 Å². The first-order chi connectivity index (χ1) is 19.7. The molecule has 1 saturated heterocycles. The average Bonchev–Trinajstić information content (AvgIpc) is 3.57. The molecule has 4 aromatic rings. The third kappa shape index (κ3) is 5.22. The van der Waals surface area contributed by atoms with Gasteiger partial charge in [0.2, 0.25) is 5.91 Å². The van der Waals surface area contributed by atoms with Gasteiger partial charge in [0, 0.05) is 60.2 Å². The molecule has 11 heteroatoms. The molecular weight excluding hydrogens is 560 g/mol. The van der Waals surface area contributed by atoms with E-state index in [-0.39, 0.29) is 28.5 Å². The van der Waals surface area contributed by atoms with E-state index in [0.29, 0.717) is 34.0 Å². The lowest BCUT2D eigenvalue weighted by molar-refractivity contribution is -0.130. The topological polar surface area (TPSA) is 110 Å². The first kappa shape index (κ1) is 27.4. The van der Waals surface area contributed by atoms with Crippen LogP contribution in [0.2, 0.25) is 5.02 Å². The fourth-order valence-electron chi connectivity index (χ4n) is 5.85. The van der Waals surface area contributed by atoms with Gasteiger partial charge in [-0.1, -0.05) is 42.0 Å². The molecule has 2 aliphatic rings. The molecule has 2 fully saturated rings. The highest BCUT2D eigenvalue weighted by molar-refractivity contribution is 7.90. The SMILES string of the molecule is C=Cc1cnc(-c2cn(S(=O)(=O)c3ccc(C)cc3)c3ncc(Cl)cc23)nc1NC1CCCC(N2CCCC2=O)C1. The predicted octanol–water partition coefficient (Wildman–Crippen LogP) is 5.68. The molecule has 0 radical (unpaired) electrons. The number of hydrogen-bond acceptors (Lipinski definition) is 7. The van der Waals surface area contributed by atoms with Crippen molar-refractivity contribution in [3.63, 3.8) is 0 Å². The van der Waals surface area contributed by atoms with E-state index in [1.54, 1.807) is 42.6 Å². The van der Waals surface area contributed by atoms with E-state index in [9.17, 15) is 13.2 Å². The molecule has 1 amide bonds. The number of carbonyl (C=O) groups excluding carboxylic acids is 1. The molecule has 1 aliphatic carbocycles. The number of amides is 1. The molecule has 1 aromatic carbocycles. The molecule has 41 heavy (non-hydrogen) atoms. The van der Waals surface area contributed by atoms with Crippen molar-refractivity contribution in [3.8, 4) is 11.4 Å². The van der Waals surface area contributed by atoms with Gasteiger partial charge in [-0.15, -0.1) is 0 Å². The molecule has 6 rings (SSSR count). The first-order valence-electron chi connectivity index (χ1n) is 13.8. The summed E-state index contributed by atoms with van der Waals surface area (Å²) in [5.41, 5.74) is 2.43. The maximum absolute atomic E-state index is 13.7. The standard InChI is InChI=1S/C30H31ClN6O3S/c1-3-20-16-32-29(35-28(20)34-22-6-4-7-23(15-22)36-13-5-8-27(36)38)26-18-37(30-25(26)14-21(31)17-33-30)41(39,40)24-11-9-19(2)10-12-24/h3,9-12,14,16-18,22-23H,1,4-8,13,15H2,2H3,(H,32,34,35). The summed E-state index contributed by atoms with van der Waals surface area (Å²) in [5, 5.41) is 4.47. The predicted molar refractivity (Wildman–Crippen MR) is 160 cm³/mol. The number of anilines is 1. The summed E-state index contributed by atoms with van der Waals surface area (Å²) in [7, 11) is -3.96. The van der Waals surface area contributed by atoms with Gasteiger partial charge in [0.1, 0.15) is 5.82 Å². The minimum Gasteiger partial charge on any atom is -0.367 e. The molecule has 1 saturated carbocycles. The molecule has 3 aromatic heterocycles. The van der Waals surface area contributed by atoms with Crippen molar-refractivity contribution in [3.05, 3.63) is 71.7 Å². The highest BCUT2D eigenvalue weighted by atomic mass is 35.5. The van der Waals surface area contributed by atoms with Gasteiger partial charge in [0.25, 0.3) is 10.0 Å². The molecule has 212 valence electrons. The van der Waals surface area contributed by atoms with Gasteiger partial charge < -0.3 is 10.2 Å². The number of fused-ring (bicyclic) bond motifs is 1. The highest BCUT2D eigenvalue weighted by Gasteiger charge is 2.32. The minimum absolute atomic E-state index is 0.128. The number of rotatable bonds is 7. The number of likely N-dealkylation sites (tertiary alicyclic amines) is 1. The van der Waals surface area contributed by atoms with Gasteiger partial charge in [0.05, 0.1) is 9.92 Å². The molecule has 0 spiro atoms. The summed E-state index contributed by atoms with van der Waals surface area (Å²) in [6.07, 6.45) is 11.7. The summed E-state index contributed by atoms with van der Waals surface area (Å²) < 4.78 is 28.5.